The van der Waals surface area contributed by atoms with Crippen molar-refractivity contribution in [3.05, 3.63) is 35.9 Å². The van der Waals surface area contributed by atoms with Crippen LogP contribution in [0.4, 0.5) is 0 Å². The Kier molecular flexibility index (Phi) is 7.04. The molecule has 3 nitrogen and oxygen atoms in total. The number of halogens is 1. The average molecular weight is 348 g/mol. The molecule has 1 rings (SSSR count). The standard InChI is InChI=1S/C14H22BrNO2S/c1-12(2)8-9-19(17,18)16-14(11-15)10-13-6-4-3-5-7-13/h3-7,12,14,16H,8-11H2,1-2H3. The zero-order valence-corrected chi connectivity index (χ0v) is 13.9. The molecule has 1 atom stereocenters. The molecule has 0 aliphatic carbocycles. The lowest BCUT2D eigenvalue weighted by atomic mass is 10.1. The third-order valence-corrected chi connectivity index (χ3v) is 5.07. The minimum atomic E-state index is -3.19. The molecule has 0 radical (unpaired) electrons. The minimum Gasteiger partial charge on any atom is -0.212 e. The van der Waals surface area contributed by atoms with E-state index in [0.29, 0.717) is 24.1 Å². The number of alkyl halides is 1. The monoisotopic (exact) mass is 347 g/mol. The number of benzene rings is 1. The van der Waals surface area contributed by atoms with Crippen LogP contribution in [0.15, 0.2) is 30.3 Å². The molecule has 0 fully saturated rings. The van der Waals surface area contributed by atoms with E-state index in [4.69, 9.17) is 0 Å². The molecule has 0 saturated heterocycles. The van der Waals surface area contributed by atoms with Gasteiger partial charge in [-0.25, -0.2) is 13.1 Å². The Balaban J connectivity index is 2.56. The zero-order chi connectivity index (χ0) is 14.3. The van der Waals surface area contributed by atoms with Crippen LogP contribution in [0.3, 0.4) is 0 Å². The fourth-order valence-electron chi connectivity index (χ4n) is 1.73. The van der Waals surface area contributed by atoms with Gasteiger partial charge in [0.2, 0.25) is 10.0 Å². The van der Waals surface area contributed by atoms with Crippen LogP contribution >= 0.6 is 15.9 Å². The highest BCUT2D eigenvalue weighted by molar-refractivity contribution is 9.09. The Bertz CT molecular complexity index is 460. The van der Waals surface area contributed by atoms with Gasteiger partial charge in [0.05, 0.1) is 5.75 Å². The van der Waals surface area contributed by atoms with Crippen LogP contribution in [0.25, 0.3) is 0 Å². The Hall–Kier alpha value is -0.390. The van der Waals surface area contributed by atoms with E-state index < -0.39 is 10.0 Å². The van der Waals surface area contributed by atoms with Gasteiger partial charge >= 0.3 is 0 Å². The summed E-state index contributed by atoms with van der Waals surface area (Å²) >= 11 is 3.38. The van der Waals surface area contributed by atoms with Crippen LogP contribution in [0, 0.1) is 5.92 Å². The first-order chi connectivity index (χ1) is 8.93. The first-order valence-electron chi connectivity index (χ1n) is 6.53. The molecule has 1 unspecified atom stereocenters. The summed E-state index contributed by atoms with van der Waals surface area (Å²) in [7, 11) is -3.19. The van der Waals surface area contributed by atoms with E-state index in [1.807, 2.05) is 44.2 Å². The van der Waals surface area contributed by atoms with Crippen LogP contribution in [0.1, 0.15) is 25.8 Å². The van der Waals surface area contributed by atoms with Crippen molar-refractivity contribution in [3.63, 3.8) is 0 Å². The smallest absolute Gasteiger partial charge is 0.211 e. The Morgan fingerprint density at radius 1 is 1.21 bits per heavy atom. The molecule has 0 saturated carbocycles. The van der Waals surface area contributed by atoms with E-state index in [2.05, 4.69) is 20.7 Å². The SMILES string of the molecule is CC(C)CCS(=O)(=O)NC(CBr)Cc1ccccc1. The summed E-state index contributed by atoms with van der Waals surface area (Å²) in [4.78, 5) is 0. The summed E-state index contributed by atoms with van der Waals surface area (Å²) in [5.41, 5.74) is 1.14. The van der Waals surface area contributed by atoms with Gasteiger partial charge in [-0.3, -0.25) is 0 Å². The van der Waals surface area contributed by atoms with Crippen molar-refractivity contribution in [2.24, 2.45) is 5.92 Å². The maximum atomic E-state index is 12.0. The summed E-state index contributed by atoms with van der Waals surface area (Å²) in [5.74, 6) is 0.594. The van der Waals surface area contributed by atoms with Gasteiger partial charge in [-0.05, 0) is 24.3 Å². The average Bonchev–Trinajstić information content (AvgIpc) is 2.37. The van der Waals surface area contributed by atoms with Gasteiger partial charge in [0.15, 0.2) is 0 Å². The van der Waals surface area contributed by atoms with Crippen molar-refractivity contribution >= 4 is 26.0 Å². The largest absolute Gasteiger partial charge is 0.212 e. The molecule has 1 aromatic rings. The summed E-state index contributed by atoms with van der Waals surface area (Å²) < 4.78 is 26.7. The maximum absolute atomic E-state index is 12.0. The molecular formula is C14H22BrNO2S. The van der Waals surface area contributed by atoms with Crippen LogP contribution in [-0.2, 0) is 16.4 Å². The predicted octanol–water partition coefficient (Wildman–Crippen LogP) is 2.96. The maximum Gasteiger partial charge on any atom is 0.211 e. The summed E-state index contributed by atoms with van der Waals surface area (Å²) in [6.45, 7) is 4.06. The van der Waals surface area contributed by atoms with Crippen molar-refractivity contribution in [2.45, 2.75) is 32.7 Å². The highest BCUT2D eigenvalue weighted by atomic mass is 79.9. The molecule has 0 heterocycles. The zero-order valence-electron chi connectivity index (χ0n) is 11.5. The number of hydrogen-bond acceptors (Lipinski definition) is 2. The first-order valence-corrected chi connectivity index (χ1v) is 9.30. The highest BCUT2D eigenvalue weighted by Crippen LogP contribution is 2.08. The summed E-state index contributed by atoms with van der Waals surface area (Å²) in [6.07, 6.45) is 1.39. The fraction of sp³-hybridized carbons (Fsp3) is 0.571. The summed E-state index contributed by atoms with van der Waals surface area (Å²) in [6, 6.07) is 9.82. The fourth-order valence-corrected chi connectivity index (χ4v) is 3.91. The molecule has 0 aliphatic heterocycles. The van der Waals surface area contributed by atoms with Gasteiger partial charge in [0.1, 0.15) is 0 Å². The van der Waals surface area contributed by atoms with Crippen LogP contribution in [-0.4, -0.2) is 25.5 Å². The van der Waals surface area contributed by atoms with E-state index in [1.165, 1.54) is 0 Å². The topological polar surface area (TPSA) is 46.2 Å². The molecule has 0 bridgehead atoms. The normalized spacial score (nSPS) is 13.7. The second-order valence-corrected chi connectivity index (χ2v) is 7.68. The minimum absolute atomic E-state index is 0.0976. The third-order valence-electron chi connectivity index (χ3n) is 2.82. The van der Waals surface area contributed by atoms with Crippen molar-refractivity contribution < 1.29 is 8.42 Å². The second-order valence-electron chi connectivity index (χ2n) is 5.16. The van der Waals surface area contributed by atoms with E-state index in [-0.39, 0.29) is 11.8 Å². The molecule has 108 valence electrons. The van der Waals surface area contributed by atoms with Crippen molar-refractivity contribution in [2.75, 3.05) is 11.1 Å². The lowest BCUT2D eigenvalue weighted by molar-refractivity contribution is 0.547. The molecule has 1 N–H and O–H groups in total. The van der Waals surface area contributed by atoms with Gasteiger partial charge in [-0.1, -0.05) is 60.1 Å². The van der Waals surface area contributed by atoms with Gasteiger partial charge in [0, 0.05) is 11.4 Å². The quantitative estimate of drug-likeness (QED) is 0.734. The number of sulfonamides is 1. The molecule has 0 amide bonds. The molecular weight excluding hydrogens is 326 g/mol. The van der Waals surface area contributed by atoms with Crippen LogP contribution in [0.2, 0.25) is 0 Å². The van der Waals surface area contributed by atoms with Gasteiger partial charge in [-0.15, -0.1) is 0 Å². The number of rotatable bonds is 8. The van der Waals surface area contributed by atoms with E-state index in [9.17, 15) is 8.42 Å². The third kappa shape index (κ3) is 7.09. The molecule has 19 heavy (non-hydrogen) atoms. The Labute approximate surface area is 125 Å². The highest BCUT2D eigenvalue weighted by Gasteiger charge is 2.17. The molecule has 5 heteroatoms. The van der Waals surface area contributed by atoms with Crippen LogP contribution in [0.5, 0.6) is 0 Å². The number of nitrogens with one attached hydrogen (secondary N) is 1. The lowest BCUT2D eigenvalue weighted by Crippen LogP contribution is -2.39. The van der Waals surface area contributed by atoms with E-state index in [1.54, 1.807) is 0 Å². The van der Waals surface area contributed by atoms with Gasteiger partial charge in [-0.2, -0.15) is 0 Å². The van der Waals surface area contributed by atoms with Gasteiger partial charge in [0.25, 0.3) is 0 Å². The Morgan fingerprint density at radius 3 is 2.37 bits per heavy atom. The van der Waals surface area contributed by atoms with Crippen molar-refractivity contribution in [1.29, 1.82) is 0 Å². The van der Waals surface area contributed by atoms with Crippen molar-refractivity contribution in [3.8, 4) is 0 Å². The molecule has 0 spiro atoms. The Morgan fingerprint density at radius 2 is 1.84 bits per heavy atom. The van der Waals surface area contributed by atoms with E-state index in [0.717, 1.165) is 5.56 Å². The van der Waals surface area contributed by atoms with Crippen LogP contribution < -0.4 is 4.72 Å². The second kappa shape index (κ2) is 8.02. The molecule has 0 aromatic heterocycles. The molecule has 0 aliphatic rings. The summed E-state index contributed by atoms with van der Waals surface area (Å²) in [5, 5.41) is 0.614. The molecule has 1 aromatic carbocycles. The number of hydrogen-bond donors (Lipinski definition) is 1. The first kappa shape index (κ1) is 16.7. The van der Waals surface area contributed by atoms with Crippen molar-refractivity contribution in [1.82, 2.24) is 4.72 Å². The van der Waals surface area contributed by atoms with E-state index >= 15 is 0 Å². The lowest BCUT2D eigenvalue weighted by Gasteiger charge is -2.17. The van der Waals surface area contributed by atoms with Gasteiger partial charge < -0.3 is 0 Å². The predicted molar refractivity (Wildman–Crippen MR) is 84.1 cm³/mol.